The van der Waals surface area contributed by atoms with Gasteiger partial charge in [-0.05, 0) is 34.0 Å². The summed E-state index contributed by atoms with van der Waals surface area (Å²) in [6.45, 7) is 0. The lowest BCUT2D eigenvalue weighted by Crippen LogP contribution is -1.64. The monoisotopic (exact) mass is 133 g/mol. The van der Waals surface area contributed by atoms with E-state index in [4.69, 9.17) is 0 Å². The van der Waals surface area contributed by atoms with Crippen molar-refractivity contribution in [2.24, 2.45) is 0 Å². The van der Waals surface area contributed by atoms with Gasteiger partial charge in [0.05, 0.1) is 0 Å². The van der Waals surface area contributed by atoms with Crippen LogP contribution in [-0.4, -0.2) is 0 Å². The van der Waals surface area contributed by atoms with Gasteiger partial charge in [0.1, 0.15) is 0 Å². The molecule has 1 radical (unpaired) electrons. The fraction of sp³-hybridized carbons (Fsp3) is 0. The van der Waals surface area contributed by atoms with Crippen LogP contribution in [-0.2, 0) is 0 Å². The zero-order valence-electron chi connectivity index (χ0n) is 4.79. The van der Waals surface area contributed by atoms with E-state index in [1.54, 1.807) is 11.3 Å². The first-order chi connectivity index (χ1) is 4.47. The van der Waals surface area contributed by atoms with Crippen molar-refractivity contribution in [2.75, 3.05) is 0 Å². The molecule has 1 aliphatic heterocycles. The highest BCUT2D eigenvalue weighted by Crippen LogP contribution is 2.22. The lowest BCUT2D eigenvalue weighted by molar-refractivity contribution is 1.84. The fourth-order valence-electron chi connectivity index (χ4n) is 0.862. The Morgan fingerprint density at radius 1 is 1.33 bits per heavy atom. The first-order valence-corrected chi connectivity index (χ1v) is 3.74. The van der Waals surface area contributed by atoms with Crippen molar-refractivity contribution in [1.29, 1.82) is 0 Å². The lowest BCUT2D eigenvalue weighted by atomic mass is 10.2. The van der Waals surface area contributed by atoms with Crippen molar-refractivity contribution in [3.8, 4) is 11.1 Å². The van der Waals surface area contributed by atoms with Crippen LogP contribution in [0, 0.1) is 6.07 Å². The maximum Gasteiger partial charge on any atom is -0.000572 e. The van der Waals surface area contributed by atoms with Gasteiger partial charge in [0, 0.05) is 0 Å². The Hall–Kier alpha value is -0.820. The number of fused-ring (bicyclic) bond motifs is 1. The van der Waals surface area contributed by atoms with Crippen molar-refractivity contribution < 1.29 is 0 Å². The minimum Gasteiger partial charge on any atom is -0.152 e. The van der Waals surface area contributed by atoms with Crippen LogP contribution in [0.3, 0.4) is 0 Å². The predicted octanol–water partition coefficient (Wildman–Crippen LogP) is 2.65. The van der Waals surface area contributed by atoms with Crippen LogP contribution in [0.5, 0.6) is 0 Å². The molecule has 1 heteroatoms. The molecule has 0 spiro atoms. The Morgan fingerprint density at radius 2 is 2.33 bits per heavy atom. The zero-order chi connectivity index (χ0) is 6.10. The largest absolute Gasteiger partial charge is 0.152 e. The first kappa shape index (κ1) is 5.00. The van der Waals surface area contributed by atoms with Gasteiger partial charge in [-0.1, -0.05) is 12.1 Å². The molecule has 0 atom stereocenters. The predicted molar refractivity (Wildman–Crippen MR) is 39.8 cm³/mol. The van der Waals surface area contributed by atoms with Gasteiger partial charge in [0.15, 0.2) is 0 Å². The summed E-state index contributed by atoms with van der Waals surface area (Å²) < 4.78 is 0. The first-order valence-electron chi connectivity index (χ1n) is 2.79. The van der Waals surface area contributed by atoms with Gasteiger partial charge in [0.2, 0.25) is 0 Å². The molecule has 0 aromatic rings. The molecule has 0 aromatic carbocycles. The van der Waals surface area contributed by atoms with E-state index in [1.807, 2.05) is 6.07 Å². The smallest absolute Gasteiger partial charge is 0.000572 e. The number of rotatable bonds is 0. The summed E-state index contributed by atoms with van der Waals surface area (Å²) in [5.41, 5.74) is 2.51. The van der Waals surface area contributed by atoms with Gasteiger partial charge in [0.25, 0.3) is 0 Å². The van der Waals surface area contributed by atoms with Gasteiger partial charge >= 0.3 is 0 Å². The third-order valence-corrected chi connectivity index (χ3v) is 1.99. The second-order valence-electron chi connectivity index (χ2n) is 1.90. The van der Waals surface area contributed by atoms with Gasteiger partial charge in [-0.2, -0.15) is 11.3 Å². The van der Waals surface area contributed by atoms with E-state index in [1.165, 1.54) is 11.1 Å². The Balaban J connectivity index is 2.79. The quantitative estimate of drug-likeness (QED) is 0.518. The summed E-state index contributed by atoms with van der Waals surface area (Å²) >= 11 is 1.71. The highest BCUT2D eigenvalue weighted by Gasteiger charge is 1.96. The minimum atomic E-state index is 1.22. The highest BCUT2D eigenvalue weighted by atomic mass is 32.1. The Morgan fingerprint density at radius 3 is 3.22 bits per heavy atom. The molecule has 2 aliphatic rings. The zero-order valence-corrected chi connectivity index (χ0v) is 5.61. The summed E-state index contributed by atoms with van der Waals surface area (Å²) in [6, 6.07) is 9.26. The summed E-state index contributed by atoms with van der Waals surface area (Å²) in [4.78, 5) is 0. The standard InChI is InChI=1S/C8H5S/c1-2-7-4-5-9-6-8(7)3-1/h1-2,4-6H. The Kier molecular flexibility index (Phi) is 1.03. The Bertz CT molecular complexity index is 245. The maximum atomic E-state index is 3.13. The minimum absolute atomic E-state index is 1.22. The van der Waals surface area contributed by atoms with E-state index < -0.39 is 0 Å². The average Bonchev–Trinajstić information content (AvgIpc) is 2.33. The molecular formula is C8H5S. The van der Waals surface area contributed by atoms with Gasteiger partial charge in [-0.25, -0.2) is 0 Å². The molecule has 0 N–H and O–H groups in total. The van der Waals surface area contributed by atoms with Crippen LogP contribution in [0.1, 0.15) is 0 Å². The van der Waals surface area contributed by atoms with Crippen LogP contribution >= 0.6 is 11.3 Å². The van der Waals surface area contributed by atoms with E-state index in [-0.39, 0.29) is 0 Å². The lowest BCUT2D eigenvalue weighted by Gasteiger charge is -1.91. The molecule has 2 rings (SSSR count). The molecule has 0 nitrogen and oxygen atoms in total. The van der Waals surface area contributed by atoms with Crippen molar-refractivity contribution in [3.63, 3.8) is 0 Å². The summed E-state index contributed by atoms with van der Waals surface area (Å²) in [6.07, 6.45) is 0. The molecule has 0 unspecified atom stereocenters. The summed E-state index contributed by atoms with van der Waals surface area (Å²) in [5.74, 6) is 0. The van der Waals surface area contributed by atoms with Crippen LogP contribution in [0.2, 0.25) is 0 Å². The van der Waals surface area contributed by atoms with Crippen molar-refractivity contribution in [1.82, 2.24) is 0 Å². The van der Waals surface area contributed by atoms with E-state index in [9.17, 15) is 0 Å². The highest BCUT2D eigenvalue weighted by molar-refractivity contribution is 7.07. The summed E-state index contributed by atoms with van der Waals surface area (Å²) in [7, 11) is 0. The third-order valence-electron chi connectivity index (χ3n) is 1.32. The Labute approximate surface area is 58.1 Å². The molecular weight excluding hydrogens is 128 g/mol. The second-order valence-corrected chi connectivity index (χ2v) is 2.68. The molecule has 0 aromatic heterocycles. The van der Waals surface area contributed by atoms with E-state index in [0.29, 0.717) is 0 Å². The SMILES string of the molecule is [c]1ccc2ccscc1-2. The van der Waals surface area contributed by atoms with E-state index in [2.05, 4.69) is 29.0 Å². The van der Waals surface area contributed by atoms with Gasteiger partial charge in [-0.15, -0.1) is 0 Å². The van der Waals surface area contributed by atoms with Crippen molar-refractivity contribution >= 4 is 11.3 Å². The van der Waals surface area contributed by atoms with E-state index >= 15 is 0 Å². The molecule has 0 bridgehead atoms. The molecule has 0 fully saturated rings. The molecule has 1 aliphatic carbocycles. The van der Waals surface area contributed by atoms with E-state index in [0.717, 1.165) is 0 Å². The van der Waals surface area contributed by atoms with Crippen molar-refractivity contribution in [2.45, 2.75) is 0 Å². The molecule has 43 valence electrons. The number of hydrogen-bond acceptors (Lipinski definition) is 1. The van der Waals surface area contributed by atoms with Crippen LogP contribution in [0.15, 0.2) is 29.0 Å². The molecule has 0 saturated heterocycles. The van der Waals surface area contributed by atoms with Gasteiger partial charge < -0.3 is 0 Å². The third kappa shape index (κ3) is 0.736. The topological polar surface area (TPSA) is 0 Å². The second kappa shape index (κ2) is 1.85. The summed E-state index contributed by atoms with van der Waals surface area (Å²) in [5, 5.41) is 4.19. The molecule has 0 saturated carbocycles. The molecule has 0 amide bonds. The maximum absolute atomic E-state index is 3.13. The molecule has 9 heavy (non-hydrogen) atoms. The van der Waals surface area contributed by atoms with Crippen LogP contribution in [0.25, 0.3) is 11.1 Å². The normalized spacial score (nSPS) is 10.2. The number of hydrogen-bond donors (Lipinski definition) is 0. The van der Waals surface area contributed by atoms with Crippen LogP contribution in [0.4, 0.5) is 0 Å². The molecule has 1 heterocycles. The van der Waals surface area contributed by atoms with Crippen LogP contribution < -0.4 is 0 Å². The van der Waals surface area contributed by atoms with Crippen molar-refractivity contribution in [3.05, 3.63) is 35.0 Å². The fourth-order valence-corrected chi connectivity index (χ4v) is 1.51. The van der Waals surface area contributed by atoms with Gasteiger partial charge in [-0.3, -0.25) is 0 Å². The average molecular weight is 133 g/mol.